The molecular weight excluding hydrogens is 446 g/mol. The van der Waals surface area contributed by atoms with Gasteiger partial charge in [-0.1, -0.05) is 23.7 Å². The first-order valence-corrected chi connectivity index (χ1v) is 10.0. The van der Waals surface area contributed by atoms with Gasteiger partial charge in [-0.05, 0) is 55.8 Å². The third-order valence-electron chi connectivity index (χ3n) is 4.66. The van der Waals surface area contributed by atoms with Crippen molar-refractivity contribution in [2.75, 3.05) is 13.6 Å². The highest BCUT2D eigenvalue weighted by Gasteiger charge is 2.33. The first-order chi connectivity index (χ1) is 15.1. The van der Waals surface area contributed by atoms with Gasteiger partial charge in [0.1, 0.15) is 11.6 Å². The van der Waals surface area contributed by atoms with E-state index in [1.165, 1.54) is 30.3 Å². The molecule has 0 amide bonds. The Morgan fingerprint density at radius 3 is 2.44 bits per heavy atom. The number of halogens is 5. The number of nitrogens with zero attached hydrogens (tertiary/aromatic N) is 3. The molecule has 0 unspecified atom stereocenters. The molecule has 0 aliphatic heterocycles. The van der Waals surface area contributed by atoms with Crippen LogP contribution in [0.5, 0.6) is 11.6 Å². The fourth-order valence-corrected chi connectivity index (χ4v) is 2.98. The van der Waals surface area contributed by atoms with Crippen molar-refractivity contribution in [2.24, 2.45) is 4.99 Å². The standard InChI is InChI=1S/C23H20ClF4N3O/c1-4-31(3)13-29-21-12-18(15-5-7-16(25)8-6-15)22(30-14(21)2)32-17-9-10-20(24)19(11-17)23(26,27)28/h5-13H,4H2,1-3H3/b29-13-. The minimum atomic E-state index is -4.64. The second kappa shape index (κ2) is 9.56. The predicted octanol–water partition coefficient (Wildman–Crippen LogP) is 7.27. The van der Waals surface area contributed by atoms with Crippen LogP contribution in [0, 0.1) is 12.7 Å². The Labute approximate surface area is 188 Å². The first kappa shape index (κ1) is 23.5. The molecule has 1 aromatic heterocycles. The predicted molar refractivity (Wildman–Crippen MR) is 117 cm³/mol. The van der Waals surface area contributed by atoms with Crippen LogP contribution >= 0.6 is 11.6 Å². The maximum absolute atomic E-state index is 13.4. The topological polar surface area (TPSA) is 37.7 Å². The van der Waals surface area contributed by atoms with E-state index in [4.69, 9.17) is 16.3 Å². The second-order valence-corrected chi connectivity index (χ2v) is 7.42. The molecule has 0 aliphatic carbocycles. The summed E-state index contributed by atoms with van der Waals surface area (Å²) in [5.74, 6) is -0.446. The van der Waals surface area contributed by atoms with Crippen molar-refractivity contribution in [2.45, 2.75) is 20.0 Å². The number of aryl methyl sites for hydroxylation is 1. The van der Waals surface area contributed by atoms with Crippen LogP contribution in [0.2, 0.25) is 5.02 Å². The van der Waals surface area contributed by atoms with Crippen molar-refractivity contribution in [3.63, 3.8) is 0 Å². The van der Waals surface area contributed by atoms with Crippen LogP contribution in [-0.4, -0.2) is 29.8 Å². The zero-order valence-electron chi connectivity index (χ0n) is 17.5. The highest BCUT2D eigenvalue weighted by molar-refractivity contribution is 6.31. The Hall–Kier alpha value is -3.13. The summed E-state index contributed by atoms with van der Waals surface area (Å²) in [7, 11) is 1.86. The van der Waals surface area contributed by atoms with Gasteiger partial charge >= 0.3 is 6.18 Å². The van der Waals surface area contributed by atoms with Crippen LogP contribution in [0.25, 0.3) is 11.1 Å². The third kappa shape index (κ3) is 5.56. The summed E-state index contributed by atoms with van der Waals surface area (Å²) < 4.78 is 58.9. The maximum atomic E-state index is 13.4. The van der Waals surface area contributed by atoms with Gasteiger partial charge in [0.2, 0.25) is 5.88 Å². The van der Waals surface area contributed by atoms with Gasteiger partial charge in [-0.15, -0.1) is 0 Å². The van der Waals surface area contributed by atoms with E-state index in [0.29, 0.717) is 22.5 Å². The van der Waals surface area contributed by atoms with Gasteiger partial charge in [0.15, 0.2) is 0 Å². The summed E-state index contributed by atoms with van der Waals surface area (Å²) in [6.45, 7) is 4.43. The maximum Gasteiger partial charge on any atom is 0.417 e. The molecule has 3 rings (SSSR count). The Kier molecular flexibility index (Phi) is 7.03. The van der Waals surface area contributed by atoms with E-state index in [1.54, 1.807) is 19.3 Å². The van der Waals surface area contributed by atoms with Crippen molar-refractivity contribution in [3.8, 4) is 22.8 Å². The van der Waals surface area contributed by atoms with Gasteiger partial charge < -0.3 is 9.64 Å². The minimum Gasteiger partial charge on any atom is -0.438 e. The SMILES string of the molecule is CCN(C)/C=N\c1cc(-c2ccc(F)cc2)c(Oc2ccc(Cl)c(C(F)(F)F)c2)nc1C. The number of hydrogen-bond donors (Lipinski definition) is 0. The number of pyridine rings is 1. The van der Waals surface area contributed by atoms with Crippen molar-refractivity contribution < 1.29 is 22.3 Å². The number of rotatable bonds is 6. The van der Waals surface area contributed by atoms with Crippen LogP contribution < -0.4 is 4.74 Å². The van der Waals surface area contributed by atoms with Gasteiger partial charge in [-0.2, -0.15) is 13.2 Å². The molecule has 168 valence electrons. The van der Waals surface area contributed by atoms with Crippen LogP contribution in [0.15, 0.2) is 53.5 Å². The molecule has 1 heterocycles. The average Bonchev–Trinajstić information content (AvgIpc) is 2.74. The number of hydrogen-bond acceptors (Lipinski definition) is 3. The summed E-state index contributed by atoms with van der Waals surface area (Å²) in [6, 6.07) is 10.6. The fraction of sp³-hybridized carbons (Fsp3) is 0.217. The highest BCUT2D eigenvalue weighted by atomic mass is 35.5. The van der Waals surface area contributed by atoms with Crippen molar-refractivity contribution in [1.29, 1.82) is 0 Å². The van der Waals surface area contributed by atoms with E-state index in [-0.39, 0.29) is 11.6 Å². The molecule has 32 heavy (non-hydrogen) atoms. The minimum absolute atomic E-state index is 0.0624. The Balaban J connectivity index is 2.09. The molecule has 0 saturated heterocycles. The van der Waals surface area contributed by atoms with Gasteiger partial charge in [-0.25, -0.2) is 14.4 Å². The first-order valence-electron chi connectivity index (χ1n) is 9.65. The zero-order chi connectivity index (χ0) is 23.5. The smallest absolute Gasteiger partial charge is 0.417 e. The molecule has 0 N–H and O–H groups in total. The van der Waals surface area contributed by atoms with E-state index < -0.39 is 22.6 Å². The van der Waals surface area contributed by atoms with E-state index in [1.807, 2.05) is 18.9 Å². The molecule has 0 atom stereocenters. The van der Waals surface area contributed by atoms with Gasteiger partial charge in [-0.3, -0.25) is 0 Å². The molecule has 0 fully saturated rings. The van der Waals surface area contributed by atoms with Crippen LogP contribution in [0.1, 0.15) is 18.2 Å². The monoisotopic (exact) mass is 465 g/mol. The number of aliphatic imine (C=N–C) groups is 1. The van der Waals surface area contributed by atoms with Crippen molar-refractivity contribution in [3.05, 3.63) is 70.6 Å². The lowest BCUT2D eigenvalue weighted by atomic mass is 10.1. The van der Waals surface area contributed by atoms with Gasteiger partial charge in [0, 0.05) is 19.2 Å². The molecule has 9 heteroatoms. The van der Waals surface area contributed by atoms with Gasteiger partial charge in [0.25, 0.3) is 0 Å². The van der Waals surface area contributed by atoms with Crippen LogP contribution in [-0.2, 0) is 6.18 Å². The van der Waals surface area contributed by atoms with E-state index in [0.717, 1.165) is 18.7 Å². The second-order valence-electron chi connectivity index (χ2n) is 7.01. The molecule has 0 radical (unpaired) electrons. The molecule has 2 aromatic carbocycles. The van der Waals surface area contributed by atoms with E-state index in [9.17, 15) is 17.6 Å². The Bertz CT molecular complexity index is 1130. The number of alkyl halides is 3. The summed E-state index contributed by atoms with van der Waals surface area (Å²) in [5, 5.41) is -0.433. The Morgan fingerprint density at radius 2 is 1.81 bits per heavy atom. The van der Waals surface area contributed by atoms with Crippen LogP contribution in [0.3, 0.4) is 0 Å². The molecule has 0 aliphatic rings. The molecule has 0 saturated carbocycles. The number of benzene rings is 2. The Morgan fingerprint density at radius 1 is 1.12 bits per heavy atom. The van der Waals surface area contributed by atoms with E-state index in [2.05, 4.69) is 9.98 Å². The lowest BCUT2D eigenvalue weighted by Gasteiger charge is -2.15. The molecular formula is C23H20ClF4N3O. The number of aromatic nitrogens is 1. The molecule has 0 spiro atoms. The van der Waals surface area contributed by atoms with Gasteiger partial charge in [0.05, 0.1) is 28.3 Å². The third-order valence-corrected chi connectivity index (χ3v) is 4.99. The van der Waals surface area contributed by atoms with Crippen LogP contribution in [0.4, 0.5) is 23.2 Å². The molecule has 4 nitrogen and oxygen atoms in total. The highest BCUT2D eigenvalue weighted by Crippen LogP contribution is 2.40. The van der Waals surface area contributed by atoms with Crippen molar-refractivity contribution in [1.82, 2.24) is 9.88 Å². The lowest BCUT2D eigenvalue weighted by molar-refractivity contribution is -0.137. The normalized spacial score (nSPS) is 11.8. The number of ether oxygens (including phenoxy) is 1. The largest absolute Gasteiger partial charge is 0.438 e. The quantitative estimate of drug-likeness (QED) is 0.218. The fourth-order valence-electron chi connectivity index (χ4n) is 2.76. The molecule has 3 aromatic rings. The molecule has 0 bridgehead atoms. The summed E-state index contributed by atoms with van der Waals surface area (Å²) in [6.07, 6.45) is -2.99. The zero-order valence-corrected chi connectivity index (χ0v) is 18.3. The summed E-state index contributed by atoms with van der Waals surface area (Å²) in [4.78, 5) is 10.7. The lowest BCUT2D eigenvalue weighted by Crippen LogP contribution is -2.14. The average molecular weight is 466 g/mol. The van der Waals surface area contributed by atoms with E-state index >= 15 is 0 Å². The summed E-state index contributed by atoms with van der Waals surface area (Å²) >= 11 is 5.70. The van der Waals surface area contributed by atoms with Crippen molar-refractivity contribution >= 4 is 23.6 Å². The summed E-state index contributed by atoms with van der Waals surface area (Å²) in [5.41, 5.74) is 1.06.